The van der Waals surface area contributed by atoms with E-state index in [0.29, 0.717) is 12.6 Å². The van der Waals surface area contributed by atoms with Gasteiger partial charge in [0.1, 0.15) is 6.04 Å². The molecule has 1 aliphatic carbocycles. The molecule has 4 heteroatoms. The van der Waals surface area contributed by atoms with Crippen LogP contribution in [0, 0.1) is 5.41 Å². The maximum absolute atomic E-state index is 12.7. The Labute approximate surface area is 110 Å². The minimum absolute atomic E-state index is 0.132. The number of carbonyl (C=O) groups excluding carboxylic acids is 1. The van der Waals surface area contributed by atoms with Crippen LogP contribution in [0.2, 0.25) is 0 Å². The van der Waals surface area contributed by atoms with Crippen LogP contribution in [0.1, 0.15) is 39.5 Å². The van der Waals surface area contributed by atoms with E-state index in [-0.39, 0.29) is 17.4 Å². The molecular formula is C14H27N3O. The molecule has 2 N–H and O–H groups in total. The van der Waals surface area contributed by atoms with E-state index in [9.17, 15) is 4.79 Å². The third-order valence-electron chi connectivity index (χ3n) is 4.36. The summed E-state index contributed by atoms with van der Waals surface area (Å²) in [5, 5.41) is 0. The number of hydrogen-bond donors (Lipinski definition) is 1. The van der Waals surface area contributed by atoms with Crippen molar-refractivity contribution in [1.29, 1.82) is 0 Å². The van der Waals surface area contributed by atoms with Crippen LogP contribution < -0.4 is 5.73 Å². The lowest BCUT2D eigenvalue weighted by atomic mass is 9.92. The van der Waals surface area contributed by atoms with Crippen molar-refractivity contribution in [3.8, 4) is 0 Å². The number of rotatable bonds is 2. The van der Waals surface area contributed by atoms with Crippen molar-refractivity contribution in [1.82, 2.24) is 9.80 Å². The smallest absolute Gasteiger partial charge is 0.241 e. The minimum atomic E-state index is -0.132. The zero-order chi connectivity index (χ0) is 13.3. The number of carbonyl (C=O) groups is 1. The molecule has 1 saturated heterocycles. The predicted octanol–water partition coefficient (Wildman–Crippen LogP) is 1.06. The SMILES string of the molecule is CN1CC(C)(C)CN(C2CCCC2)C(=O)C1CN. The Hall–Kier alpha value is -0.610. The summed E-state index contributed by atoms with van der Waals surface area (Å²) >= 11 is 0. The molecular weight excluding hydrogens is 226 g/mol. The Morgan fingerprint density at radius 1 is 1.28 bits per heavy atom. The Bertz CT molecular complexity index is 310. The quantitative estimate of drug-likeness (QED) is 0.800. The molecule has 2 aliphatic rings. The average Bonchev–Trinajstić information content (AvgIpc) is 2.76. The fourth-order valence-electron chi connectivity index (χ4n) is 3.56. The normalized spacial score (nSPS) is 30.8. The van der Waals surface area contributed by atoms with Crippen LogP contribution in [0.15, 0.2) is 0 Å². The molecule has 4 nitrogen and oxygen atoms in total. The second-order valence-corrected chi connectivity index (χ2v) is 6.74. The zero-order valence-corrected chi connectivity index (χ0v) is 12.0. The maximum Gasteiger partial charge on any atom is 0.241 e. The first kappa shape index (κ1) is 13.8. The van der Waals surface area contributed by atoms with Crippen molar-refractivity contribution in [2.24, 2.45) is 11.1 Å². The van der Waals surface area contributed by atoms with E-state index >= 15 is 0 Å². The Morgan fingerprint density at radius 3 is 2.44 bits per heavy atom. The molecule has 1 amide bonds. The summed E-state index contributed by atoms with van der Waals surface area (Å²) in [4.78, 5) is 16.9. The van der Waals surface area contributed by atoms with Gasteiger partial charge in [0.15, 0.2) is 0 Å². The average molecular weight is 253 g/mol. The minimum Gasteiger partial charge on any atom is -0.338 e. The summed E-state index contributed by atoms with van der Waals surface area (Å²) in [6, 6.07) is 0.324. The summed E-state index contributed by atoms with van der Waals surface area (Å²) in [6.45, 7) is 6.73. The van der Waals surface area contributed by atoms with Gasteiger partial charge < -0.3 is 10.6 Å². The first-order valence-electron chi connectivity index (χ1n) is 7.15. The lowest BCUT2D eigenvalue weighted by Crippen LogP contribution is -2.51. The number of likely N-dealkylation sites (N-methyl/N-ethyl adjacent to an activating group) is 1. The number of nitrogens with zero attached hydrogens (tertiary/aromatic N) is 2. The summed E-state index contributed by atoms with van der Waals surface area (Å²) in [6.07, 6.45) is 4.86. The molecule has 0 aromatic rings. The summed E-state index contributed by atoms with van der Waals surface area (Å²) in [7, 11) is 2.02. The van der Waals surface area contributed by atoms with Crippen LogP contribution >= 0.6 is 0 Å². The highest BCUT2D eigenvalue weighted by Crippen LogP contribution is 2.31. The van der Waals surface area contributed by atoms with Crippen LogP contribution in [0.3, 0.4) is 0 Å². The number of amides is 1. The van der Waals surface area contributed by atoms with E-state index < -0.39 is 0 Å². The van der Waals surface area contributed by atoms with E-state index in [1.807, 2.05) is 7.05 Å². The molecule has 1 atom stereocenters. The molecule has 0 spiro atoms. The largest absolute Gasteiger partial charge is 0.338 e. The van der Waals surface area contributed by atoms with Crippen molar-refractivity contribution in [3.63, 3.8) is 0 Å². The van der Waals surface area contributed by atoms with Gasteiger partial charge >= 0.3 is 0 Å². The topological polar surface area (TPSA) is 49.6 Å². The van der Waals surface area contributed by atoms with Crippen LogP contribution in [-0.2, 0) is 4.79 Å². The Morgan fingerprint density at radius 2 is 1.89 bits per heavy atom. The first-order chi connectivity index (χ1) is 8.44. The van der Waals surface area contributed by atoms with Crippen LogP contribution in [-0.4, -0.2) is 54.5 Å². The van der Waals surface area contributed by atoms with E-state index in [0.717, 1.165) is 13.1 Å². The molecule has 2 fully saturated rings. The van der Waals surface area contributed by atoms with Crippen LogP contribution in [0.25, 0.3) is 0 Å². The Balaban J connectivity index is 2.22. The third kappa shape index (κ3) is 2.69. The third-order valence-corrected chi connectivity index (χ3v) is 4.36. The molecule has 0 bridgehead atoms. The molecule has 18 heavy (non-hydrogen) atoms. The van der Waals surface area contributed by atoms with Crippen LogP contribution in [0.4, 0.5) is 0 Å². The van der Waals surface area contributed by atoms with Gasteiger partial charge in [-0.2, -0.15) is 0 Å². The maximum atomic E-state index is 12.7. The van der Waals surface area contributed by atoms with E-state index in [1.165, 1.54) is 25.7 Å². The molecule has 1 unspecified atom stereocenters. The van der Waals surface area contributed by atoms with Crippen molar-refractivity contribution in [3.05, 3.63) is 0 Å². The highest BCUT2D eigenvalue weighted by molar-refractivity contribution is 5.83. The molecule has 104 valence electrons. The van der Waals surface area contributed by atoms with E-state index in [2.05, 4.69) is 23.6 Å². The van der Waals surface area contributed by atoms with Crippen molar-refractivity contribution >= 4 is 5.91 Å². The highest BCUT2D eigenvalue weighted by Gasteiger charge is 2.40. The van der Waals surface area contributed by atoms with Gasteiger partial charge in [-0.15, -0.1) is 0 Å². The molecule has 0 aromatic heterocycles. The fraction of sp³-hybridized carbons (Fsp3) is 0.929. The predicted molar refractivity (Wildman–Crippen MR) is 73.2 cm³/mol. The number of nitrogens with two attached hydrogens (primary N) is 1. The van der Waals surface area contributed by atoms with Gasteiger partial charge in [-0.1, -0.05) is 26.7 Å². The molecule has 1 aliphatic heterocycles. The van der Waals surface area contributed by atoms with E-state index in [4.69, 9.17) is 5.73 Å². The zero-order valence-electron chi connectivity index (χ0n) is 12.0. The molecule has 1 heterocycles. The van der Waals surface area contributed by atoms with Gasteiger partial charge in [0.05, 0.1) is 0 Å². The first-order valence-corrected chi connectivity index (χ1v) is 7.15. The molecule has 1 saturated carbocycles. The lowest BCUT2D eigenvalue weighted by molar-refractivity contribution is -0.137. The highest BCUT2D eigenvalue weighted by atomic mass is 16.2. The summed E-state index contributed by atoms with van der Waals surface area (Å²) < 4.78 is 0. The van der Waals surface area contributed by atoms with Crippen molar-refractivity contribution < 1.29 is 4.79 Å². The molecule has 2 rings (SSSR count). The monoisotopic (exact) mass is 253 g/mol. The van der Waals surface area contributed by atoms with Gasteiger partial charge in [-0.05, 0) is 25.3 Å². The molecule has 0 radical (unpaired) electrons. The van der Waals surface area contributed by atoms with Gasteiger partial charge in [0, 0.05) is 25.7 Å². The second-order valence-electron chi connectivity index (χ2n) is 6.74. The van der Waals surface area contributed by atoms with Gasteiger partial charge in [-0.3, -0.25) is 9.69 Å². The van der Waals surface area contributed by atoms with Crippen molar-refractivity contribution in [2.45, 2.75) is 51.6 Å². The van der Waals surface area contributed by atoms with Crippen LogP contribution in [0.5, 0.6) is 0 Å². The van der Waals surface area contributed by atoms with Crippen molar-refractivity contribution in [2.75, 3.05) is 26.7 Å². The summed E-state index contributed by atoms with van der Waals surface area (Å²) in [5.41, 5.74) is 5.96. The molecule has 0 aromatic carbocycles. The number of hydrogen-bond acceptors (Lipinski definition) is 3. The van der Waals surface area contributed by atoms with Gasteiger partial charge in [0.25, 0.3) is 0 Å². The van der Waals surface area contributed by atoms with E-state index in [1.54, 1.807) is 0 Å². The fourth-order valence-corrected chi connectivity index (χ4v) is 3.56. The van der Waals surface area contributed by atoms with Gasteiger partial charge in [0.2, 0.25) is 5.91 Å². The van der Waals surface area contributed by atoms with Gasteiger partial charge in [-0.25, -0.2) is 0 Å². The standard InChI is InChI=1S/C14H27N3O/c1-14(2)9-16(3)12(8-15)13(18)17(10-14)11-6-4-5-7-11/h11-12H,4-10,15H2,1-3H3. The second kappa shape index (κ2) is 5.17. The lowest BCUT2D eigenvalue weighted by Gasteiger charge is -2.34. The Kier molecular flexibility index (Phi) is 3.97. The summed E-state index contributed by atoms with van der Waals surface area (Å²) in [5.74, 6) is 0.248.